The molecule has 2 aromatic rings. The number of thiocarbonyl (C=S) groups is 1. The third kappa shape index (κ3) is 7.03. The van der Waals surface area contributed by atoms with Crippen LogP contribution in [0.5, 0.6) is 5.75 Å². The summed E-state index contributed by atoms with van der Waals surface area (Å²) in [6.45, 7) is 4.72. The number of anilines is 1. The fraction of sp³-hybridized carbons (Fsp3) is 0.556. The Morgan fingerprint density at radius 2 is 1.60 bits per heavy atom. The van der Waals surface area contributed by atoms with Gasteiger partial charge >= 0.3 is 12.1 Å². The molecule has 0 atom stereocenters. The highest BCUT2D eigenvalue weighted by molar-refractivity contribution is 7.80. The maximum atomic E-state index is 13.6. The molecule has 256 valence electrons. The molecule has 5 aliphatic rings. The van der Waals surface area contributed by atoms with Gasteiger partial charge in [0.05, 0.1) is 42.5 Å². The Labute approximate surface area is 284 Å². The second-order valence-electron chi connectivity index (χ2n) is 14.3. The van der Waals surface area contributed by atoms with Crippen LogP contribution in [0.4, 0.5) is 18.9 Å². The topological polar surface area (TPSA) is 92.1 Å². The fourth-order valence-electron chi connectivity index (χ4n) is 8.60. The number of rotatable bonds is 12. The van der Waals surface area contributed by atoms with Crippen LogP contribution in [0.15, 0.2) is 42.5 Å². The molecule has 1 aliphatic heterocycles. The number of benzene rings is 2. The first-order valence-electron chi connectivity index (χ1n) is 16.5. The molecule has 4 aliphatic carbocycles. The molecule has 1 heterocycles. The van der Waals surface area contributed by atoms with Crippen molar-refractivity contribution >= 4 is 34.9 Å². The number of halogens is 3. The van der Waals surface area contributed by atoms with E-state index < -0.39 is 28.7 Å². The molecule has 12 heteroatoms. The highest BCUT2D eigenvalue weighted by atomic mass is 32.1. The maximum Gasteiger partial charge on any atom is 0.417 e. The number of nitriles is 1. The van der Waals surface area contributed by atoms with Gasteiger partial charge in [-0.25, -0.2) is 0 Å². The number of hydrogen-bond donors (Lipinski definition) is 0. The summed E-state index contributed by atoms with van der Waals surface area (Å²) in [6, 6.07) is 11.9. The van der Waals surface area contributed by atoms with Gasteiger partial charge in [0, 0.05) is 6.54 Å². The van der Waals surface area contributed by atoms with E-state index in [0.717, 1.165) is 40.3 Å². The van der Waals surface area contributed by atoms with Crippen molar-refractivity contribution in [2.24, 2.45) is 23.2 Å². The monoisotopic (exact) mass is 683 g/mol. The highest BCUT2D eigenvalue weighted by Crippen LogP contribution is 2.61. The lowest BCUT2D eigenvalue weighted by molar-refractivity contribution is -0.153. The van der Waals surface area contributed by atoms with Crippen LogP contribution in [0.25, 0.3) is 0 Å². The molecular weight excluding hydrogens is 643 g/mol. The van der Waals surface area contributed by atoms with E-state index in [4.69, 9.17) is 31.7 Å². The average molecular weight is 684 g/mol. The van der Waals surface area contributed by atoms with E-state index in [-0.39, 0.29) is 35.3 Å². The van der Waals surface area contributed by atoms with E-state index in [0.29, 0.717) is 32.0 Å². The summed E-state index contributed by atoms with van der Waals surface area (Å²) in [5.41, 5.74) is -1.85. The third-order valence-electron chi connectivity index (χ3n) is 10.4. The molecule has 7 rings (SSSR count). The molecule has 4 saturated carbocycles. The van der Waals surface area contributed by atoms with Crippen LogP contribution in [0.2, 0.25) is 0 Å². The summed E-state index contributed by atoms with van der Waals surface area (Å²) < 4.78 is 57.7. The Morgan fingerprint density at radius 1 is 0.979 bits per heavy atom. The lowest BCUT2D eigenvalue weighted by Gasteiger charge is -2.56. The molecule has 0 radical (unpaired) electrons. The molecule has 0 unspecified atom stereocenters. The van der Waals surface area contributed by atoms with Crippen molar-refractivity contribution in [2.75, 3.05) is 31.3 Å². The molecule has 48 heavy (non-hydrogen) atoms. The molecule has 5 fully saturated rings. The number of amides is 1. The Balaban J connectivity index is 0.938. The van der Waals surface area contributed by atoms with Gasteiger partial charge in [-0.05, 0) is 124 Å². The van der Waals surface area contributed by atoms with Crippen LogP contribution in [0.1, 0.15) is 75.5 Å². The minimum Gasteiger partial charge on any atom is -0.491 e. The van der Waals surface area contributed by atoms with Crippen LogP contribution < -0.4 is 9.64 Å². The molecule has 0 spiro atoms. The summed E-state index contributed by atoms with van der Waals surface area (Å²) in [5.74, 6) is 2.44. The standard InChI is InChI=1S/C36H40F3N3O5S/c1-34(2)32(44)42(28-6-5-27(21-40)30(16-28)36(37,38)39)33(48)41(34)22-23-3-7-29(8-4-23)46-11-9-45-10-12-47-31(43)20-35-17-24-13-25(18-35)15-26(14-24)19-35/h3-8,16,24-26H,9-15,17-20,22H2,1-2H3. The Hall–Kier alpha value is -3.69. The first-order valence-corrected chi connectivity index (χ1v) is 16.9. The van der Waals surface area contributed by atoms with Gasteiger partial charge in [0.25, 0.3) is 5.91 Å². The average Bonchev–Trinajstić information content (AvgIpc) is 3.18. The molecule has 1 amide bonds. The Kier molecular flexibility index (Phi) is 9.48. The van der Waals surface area contributed by atoms with Gasteiger partial charge < -0.3 is 19.1 Å². The van der Waals surface area contributed by atoms with E-state index in [9.17, 15) is 22.8 Å². The van der Waals surface area contributed by atoms with Gasteiger partial charge in [0.15, 0.2) is 5.11 Å². The van der Waals surface area contributed by atoms with Crippen LogP contribution in [0.3, 0.4) is 0 Å². The van der Waals surface area contributed by atoms with Gasteiger partial charge in [-0.1, -0.05) is 12.1 Å². The number of alkyl halides is 3. The first-order chi connectivity index (χ1) is 22.8. The number of nitrogens with zero attached hydrogens (tertiary/aromatic N) is 3. The van der Waals surface area contributed by atoms with Gasteiger partial charge in [-0.3, -0.25) is 14.5 Å². The van der Waals surface area contributed by atoms with Gasteiger partial charge in [0.1, 0.15) is 24.5 Å². The summed E-state index contributed by atoms with van der Waals surface area (Å²) in [7, 11) is 0. The summed E-state index contributed by atoms with van der Waals surface area (Å²) >= 11 is 5.59. The van der Waals surface area contributed by atoms with Crippen molar-refractivity contribution in [3.05, 3.63) is 59.2 Å². The van der Waals surface area contributed by atoms with Crippen LogP contribution in [-0.2, 0) is 31.8 Å². The van der Waals surface area contributed by atoms with Crippen LogP contribution in [-0.4, -0.2) is 53.9 Å². The molecule has 2 aromatic carbocycles. The minimum atomic E-state index is -4.77. The molecule has 0 N–H and O–H groups in total. The number of carbonyl (C=O) groups is 2. The van der Waals surface area contributed by atoms with E-state index in [1.807, 2.05) is 12.1 Å². The number of esters is 1. The van der Waals surface area contributed by atoms with Crippen molar-refractivity contribution in [1.82, 2.24) is 4.90 Å². The van der Waals surface area contributed by atoms with Crippen molar-refractivity contribution in [3.8, 4) is 11.8 Å². The zero-order valence-electron chi connectivity index (χ0n) is 27.2. The molecule has 0 aromatic heterocycles. The second-order valence-corrected chi connectivity index (χ2v) is 14.7. The first kappa shape index (κ1) is 34.2. The zero-order valence-corrected chi connectivity index (χ0v) is 28.0. The van der Waals surface area contributed by atoms with E-state index in [1.54, 1.807) is 36.9 Å². The lowest BCUT2D eigenvalue weighted by atomic mass is 9.49. The largest absolute Gasteiger partial charge is 0.491 e. The summed E-state index contributed by atoms with van der Waals surface area (Å²) in [5, 5.41) is 9.20. The zero-order chi connectivity index (χ0) is 34.3. The number of hydrogen-bond acceptors (Lipinski definition) is 7. The summed E-state index contributed by atoms with van der Waals surface area (Å²) in [4.78, 5) is 28.7. The molecule has 4 bridgehead atoms. The van der Waals surface area contributed by atoms with Crippen molar-refractivity contribution < 1.29 is 37.0 Å². The maximum absolute atomic E-state index is 13.6. The smallest absolute Gasteiger partial charge is 0.417 e. The SMILES string of the molecule is CC1(C)C(=O)N(c2ccc(C#N)c(C(F)(F)F)c2)C(=S)N1Cc1ccc(OCCOCCOC(=O)CC23CC4CC(CC(C4)C2)C3)cc1. The van der Waals surface area contributed by atoms with Crippen LogP contribution >= 0.6 is 12.2 Å². The van der Waals surface area contributed by atoms with Gasteiger partial charge in [0.2, 0.25) is 0 Å². The van der Waals surface area contributed by atoms with E-state index in [1.165, 1.54) is 44.6 Å². The fourth-order valence-corrected chi connectivity index (χ4v) is 9.09. The molecular formula is C36H40F3N3O5S. The summed E-state index contributed by atoms with van der Waals surface area (Å²) in [6.07, 6.45) is 3.36. The van der Waals surface area contributed by atoms with Gasteiger partial charge in [-0.2, -0.15) is 18.4 Å². The van der Waals surface area contributed by atoms with E-state index >= 15 is 0 Å². The minimum absolute atomic E-state index is 0.0476. The number of carbonyl (C=O) groups excluding carboxylic acids is 2. The normalized spacial score (nSPS) is 25.8. The Morgan fingerprint density at radius 3 is 2.21 bits per heavy atom. The molecule has 8 nitrogen and oxygen atoms in total. The predicted molar refractivity (Wildman–Crippen MR) is 175 cm³/mol. The number of ether oxygens (including phenoxy) is 3. The lowest BCUT2D eigenvalue weighted by Crippen LogP contribution is -2.47. The quantitative estimate of drug-likeness (QED) is 0.134. The van der Waals surface area contributed by atoms with Crippen molar-refractivity contribution in [3.63, 3.8) is 0 Å². The second kappa shape index (κ2) is 13.3. The predicted octanol–water partition coefficient (Wildman–Crippen LogP) is 7.03. The third-order valence-corrected chi connectivity index (χ3v) is 10.8. The van der Waals surface area contributed by atoms with Crippen molar-refractivity contribution in [1.29, 1.82) is 5.26 Å². The van der Waals surface area contributed by atoms with Crippen LogP contribution in [0, 0.1) is 34.5 Å². The van der Waals surface area contributed by atoms with Crippen molar-refractivity contribution in [2.45, 2.75) is 77.1 Å². The highest BCUT2D eigenvalue weighted by Gasteiger charge is 2.52. The van der Waals surface area contributed by atoms with E-state index in [2.05, 4.69) is 0 Å². The van der Waals surface area contributed by atoms with Gasteiger partial charge in [-0.15, -0.1) is 0 Å². The molecule has 1 saturated heterocycles. The Bertz CT molecular complexity index is 1570.